The molecule has 9 nitrogen and oxygen atoms in total. The smallest absolute Gasteiger partial charge is 0.247 e. The van der Waals surface area contributed by atoms with E-state index in [-0.39, 0.29) is 5.91 Å². The molecule has 0 spiro atoms. The summed E-state index contributed by atoms with van der Waals surface area (Å²) in [5.41, 5.74) is 1.26. The van der Waals surface area contributed by atoms with Gasteiger partial charge >= 0.3 is 0 Å². The molecule has 0 saturated heterocycles. The van der Waals surface area contributed by atoms with Crippen molar-refractivity contribution in [3.63, 3.8) is 0 Å². The van der Waals surface area contributed by atoms with Crippen molar-refractivity contribution < 1.29 is 4.79 Å². The number of hydrogen-bond acceptors (Lipinski definition) is 6. The van der Waals surface area contributed by atoms with E-state index in [1.54, 1.807) is 22.6 Å². The van der Waals surface area contributed by atoms with E-state index in [1.807, 2.05) is 6.07 Å². The highest BCUT2D eigenvalue weighted by molar-refractivity contribution is 5.79. The number of carbonyl (C=O) groups is 1. The Morgan fingerprint density at radius 2 is 2.33 bits per heavy atom. The highest BCUT2D eigenvalue weighted by atomic mass is 16.2. The van der Waals surface area contributed by atoms with Crippen LogP contribution in [-0.4, -0.2) is 47.3 Å². The lowest BCUT2D eigenvalue weighted by Gasteiger charge is -2.23. The number of amides is 1. The highest BCUT2D eigenvalue weighted by Gasteiger charge is 2.26. The molecule has 1 amide bonds. The molecule has 0 fully saturated rings. The van der Waals surface area contributed by atoms with Crippen LogP contribution in [0, 0.1) is 11.3 Å². The topological polar surface area (TPSA) is 106 Å². The number of carbonyl (C=O) groups excluding carboxylic acids is 1. The zero-order valence-corrected chi connectivity index (χ0v) is 11.5. The van der Waals surface area contributed by atoms with Crippen LogP contribution in [0.25, 0.3) is 0 Å². The van der Waals surface area contributed by atoms with E-state index >= 15 is 0 Å². The van der Waals surface area contributed by atoms with Crippen LogP contribution in [0.2, 0.25) is 0 Å². The Hall–Kier alpha value is -2.76. The number of hydrogen-bond donors (Lipinski definition) is 0. The molecule has 1 aliphatic rings. The summed E-state index contributed by atoms with van der Waals surface area (Å²) < 4.78 is 3.23. The third-order valence-corrected chi connectivity index (χ3v) is 3.56. The van der Waals surface area contributed by atoms with Crippen molar-refractivity contribution in [1.82, 2.24) is 34.9 Å². The summed E-state index contributed by atoms with van der Waals surface area (Å²) in [5, 5.41) is 24.0. The van der Waals surface area contributed by atoms with Gasteiger partial charge < -0.3 is 4.90 Å². The van der Waals surface area contributed by atoms with Gasteiger partial charge in [-0.2, -0.15) is 10.4 Å². The Balaban J connectivity index is 1.80. The van der Waals surface area contributed by atoms with E-state index in [4.69, 9.17) is 5.26 Å². The summed E-state index contributed by atoms with van der Waals surface area (Å²) in [7, 11) is 0. The van der Waals surface area contributed by atoms with Gasteiger partial charge in [-0.3, -0.25) is 9.48 Å². The lowest BCUT2D eigenvalue weighted by Crippen LogP contribution is -2.36. The minimum Gasteiger partial charge on any atom is -0.335 e. The second-order valence-corrected chi connectivity index (χ2v) is 4.94. The lowest BCUT2D eigenvalue weighted by molar-refractivity contribution is -0.135. The monoisotopic (exact) mass is 286 g/mol. The highest BCUT2D eigenvalue weighted by Crippen LogP contribution is 2.17. The van der Waals surface area contributed by atoms with Gasteiger partial charge in [-0.05, 0) is 29.8 Å². The predicted molar refractivity (Wildman–Crippen MR) is 69.5 cm³/mol. The minimum atomic E-state index is -0.454. The normalized spacial score (nSPS) is 15.9. The van der Waals surface area contributed by atoms with Crippen LogP contribution in [-0.2, 0) is 17.9 Å². The molecule has 0 radical (unpaired) electrons. The minimum absolute atomic E-state index is 0.0459. The van der Waals surface area contributed by atoms with Crippen molar-refractivity contribution >= 4 is 5.91 Å². The summed E-state index contributed by atoms with van der Waals surface area (Å²) in [6.45, 7) is 3.57. The van der Waals surface area contributed by atoms with Crippen LogP contribution >= 0.6 is 0 Å². The summed E-state index contributed by atoms with van der Waals surface area (Å²) >= 11 is 0. The third kappa shape index (κ3) is 2.47. The standard InChI is InChI=1S/C12H14N8O/c1-9(20-8-14-16-17-20)12(21)18-3-2-4-19-11(7-18)5-10(6-13)15-19/h5,8-9H,2-4,7H2,1H3/t9-/m0/s1. The fraction of sp³-hybridized carbons (Fsp3) is 0.500. The molecule has 0 unspecified atom stereocenters. The maximum absolute atomic E-state index is 12.6. The molecule has 3 heterocycles. The Bertz CT molecular complexity index is 683. The molecule has 0 aromatic carbocycles. The van der Waals surface area contributed by atoms with Gasteiger partial charge in [0.15, 0.2) is 5.69 Å². The molecule has 0 N–H and O–H groups in total. The summed E-state index contributed by atoms with van der Waals surface area (Å²) in [5.74, 6) is -0.0459. The molecule has 0 bridgehead atoms. The lowest BCUT2D eigenvalue weighted by atomic mass is 10.2. The summed E-state index contributed by atoms with van der Waals surface area (Å²) in [4.78, 5) is 14.3. The van der Waals surface area contributed by atoms with Gasteiger partial charge in [-0.25, -0.2) is 4.68 Å². The fourth-order valence-electron chi connectivity index (χ4n) is 2.43. The number of rotatable bonds is 2. The maximum atomic E-state index is 12.6. The van der Waals surface area contributed by atoms with E-state index in [0.29, 0.717) is 25.3 Å². The zero-order chi connectivity index (χ0) is 14.8. The second kappa shape index (κ2) is 5.32. The van der Waals surface area contributed by atoms with E-state index in [9.17, 15) is 4.79 Å². The number of tetrazole rings is 1. The van der Waals surface area contributed by atoms with Crippen LogP contribution in [0.15, 0.2) is 12.4 Å². The van der Waals surface area contributed by atoms with Gasteiger partial charge in [0.05, 0.1) is 12.2 Å². The molecule has 1 aliphatic heterocycles. The Kier molecular flexibility index (Phi) is 3.35. The first-order valence-electron chi connectivity index (χ1n) is 6.67. The third-order valence-electron chi connectivity index (χ3n) is 3.56. The number of nitrogens with zero attached hydrogens (tertiary/aromatic N) is 8. The van der Waals surface area contributed by atoms with E-state index < -0.39 is 6.04 Å². The van der Waals surface area contributed by atoms with Crippen LogP contribution in [0.3, 0.4) is 0 Å². The first-order chi connectivity index (χ1) is 10.2. The molecule has 0 saturated carbocycles. The van der Waals surface area contributed by atoms with Crippen LogP contribution < -0.4 is 0 Å². The molecular formula is C12H14N8O. The Morgan fingerprint density at radius 1 is 1.48 bits per heavy atom. The number of aryl methyl sites for hydroxylation is 1. The van der Waals surface area contributed by atoms with Gasteiger partial charge in [0.2, 0.25) is 5.91 Å². The SMILES string of the molecule is C[C@@H](C(=O)N1CCCn2nc(C#N)cc2C1)n1cnnn1. The fourth-order valence-corrected chi connectivity index (χ4v) is 2.43. The van der Waals surface area contributed by atoms with Gasteiger partial charge in [0, 0.05) is 13.1 Å². The van der Waals surface area contributed by atoms with Gasteiger partial charge in [-0.1, -0.05) is 0 Å². The number of fused-ring (bicyclic) bond motifs is 1. The van der Waals surface area contributed by atoms with Crippen molar-refractivity contribution in [3.8, 4) is 6.07 Å². The molecule has 9 heteroatoms. The summed E-state index contributed by atoms with van der Waals surface area (Å²) in [6, 6.07) is 3.30. The van der Waals surface area contributed by atoms with Gasteiger partial charge in [-0.15, -0.1) is 5.10 Å². The molecule has 108 valence electrons. The van der Waals surface area contributed by atoms with Gasteiger partial charge in [0.1, 0.15) is 18.4 Å². The summed E-state index contributed by atoms with van der Waals surface area (Å²) in [6.07, 6.45) is 2.23. The van der Waals surface area contributed by atoms with Crippen molar-refractivity contribution in [3.05, 3.63) is 23.8 Å². The molecular weight excluding hydrogens is 272 g/mol. The van der Waals surface area contributed by atoms with Crippen molar-refractivity contribution in [1.29, 1.82) is 5.26 Å². The zero-order valence-electron chi connectivity index (χ0n) is 11.5. The average molecular weight is 286 g/mol. The molecule has 0 aliphatic carbocycles. The van der Waals surface area contributed by atoms with E-state index in [1.165, 1.54) is 11.0 Å². The average Bonchev–Trinajstić information content (AvgIpc) is 3.11. The quantitative estimate of drug-likeness (QED) is 0.752. The van der Waals surface area contributed by atoms with Crippen LogP contribution in [0.4, 0.5) is 0 Å². The van der Waals surface area contributed by atoms with E-state index in [2.05, 4.69) is 20.6 Å². The number of aromatic nitrogens is 6. The van der Waals surface area contributed by atoms with Gasteiger partial charge in [0.25, 0.3) is 0 Å². The Labute approximate surface area is 120 Å². The molecule has 2 aromatic rings. The molecule has 2 aromatic heterocycles. The van der Waals surface area contributed by atoms with Crippen LogP contribution in [0.1, 0.15) is 30.8 Å². The number of nitriles is 1. The largest absolute Gasteiger partial charge is 0.335 e. The van der Waals surface area contributed by atoms with E-state index in [0.717, 1.165) is 12.1 Å². The van der Waals surface area contributed by atoms with Crippen molar-refractivity contribution in [2.24, 2.45) is 0 Å². The maximum Gasteiger partial charge on any atom is 0.247 e. The molecule has 1 atom stereocenters. The van der Waals surface area contributed by atoms with Crippen molar-refractivity contribution in [2.75, 3.05) is 6.54 Å². The van der Waals surface area contributed by atoms with Crippen molar-refractivity contribution in [2.45, 2.75) is 32.5 Å². The Morgan fingerprint density at radius 3 is 3.05 bits per heavy atom. The first-order valence-corrected chi connectivity index (χ1v) is 6.67. The molecule has 21 heavy (non-hydrogen) atoms. The predicted octanol–water partition coefficient (Wildman–Crippen LogP) is -0.265. The second-order valence-electron chi connectivity index (χ2n) is 4.94. The molecule has 3 rings (SSSR count). The van der Waals surface area contributed by atoms with Crippen LogP contribution in [0.5, 0.6) is 0 Å². The first kappa shape index (κ1) is 13.2.